The fraction of sp³-hybridized carbons (Fsp3) is 0.361. The first-order valence-corrected chi connectivity index (χ1v) is 16.4. The number of fused-ring (bicyclic) bond motifs is 6. The summed E-state index contributed by atoms with van der Waals surface area (Å²) in [5.74, 6) is -0.930. The van der Waals surface area contributed by atoms with E-state index >= 15 is 9.18 Å². The summed E-state index contributed by atoms with van der Waals surface area (Å²) in [5.41, 5.74) is 5.71. The van der Waals surface area contributed by atoms with Crippen LogP contribution in [0.5, 0.6) is 0 Å². The molecule has 1 saturated heterocycles. The Labute approximate surface area is 277 Å². The number of hydrogen-bond acceptors (Lipinski definition) is 6. The van der Waals surface area contributed by atoms with Gasteiger partial charge in [0, 0.05) is 47.6 Å². The second-order valence-electron chi connectivity index (χ2n) is 13.3. The molecule has 0 bridgehead atoms. The van der Waals surface area contributed by atoms with Crippen LogP contribution in [0, 0.1) is 12.7 Å². The topological polar surface area (TPSA) is 100 Å². The van der Waals surface area contributed by atoms with Gasteiger partial charge in [-0.25, -0.2) is 19.3 Å². The van der Waals surface area contributed by atoms with Crippen molar-refractivity contribution in [1.82, 2.24) is 29.4 Å². The van der Waals surface area contributed by atoms with Crippen molar-refractivity contribution in [2.24, 2.45) is 0 Å². The summed E-state index contributed by atoms with van der Waals surface area (Å²) in [5, 5.41) is 0.750. The molecule has 47 heavy (non-hydrogen) atoms. The van der Waals surface area contributed by atoms with Gasteiger partial charge >= 0.3 is 0 Å². The fourth-order valence-corrected chi connectivity index (χ4v) is 7.80. The largest absolute Gasteiger partial charge is 0.363 e. The Morgan fingerprint density at radius 1 is 1.09 bits per heavy atom. The molecule has 242 valence electrons. The van der Waals surface area contributed by atoms with Crippen molar-refractivity contribution in [3.63, 3.8) is 0 Å². The lowest BCUT2D eigenvalue weighted by Crippen LogP contribution is -2.57. The standard InChI is InChI=1S/C36H37ClFN7O2/c1-8-26(46)43-14-21-11-23-33(44(21)13-20(43)7)22-12-24(37)28(27-19(6)9-10-25-32(27)42-15-39-25)29(38)34(22)45(36(23)47)35-30(17(2)3)40-16-41-31(35)18(4)5/h8-10,12,15-18,20-21H,1,11,13-14H2,2-7H3,(H,39,42). The number of anilines is 1. The van der Waals surface area contributed by atoms with Crippen molar-refractivity contribution in [3.05, 3.63) is 87.2 Å². The van der Waals surface area contributed by atoms with E-state index in [4.69, 9.17) is 11.6 Å². The Kier molecular flexibility index (Phi) is 7.46. The lowest BCUT2D eigenvalue weighted by atomic mass is 9.95. The molecule has 3 aromatic heterocycles. The van der Waals surface area contributed by atoms with Crippen LogP contribution in [0.25, 0.3) is 38.8 Å². The number of pyridine rings is 1. The van der Waals surface area contributed by atoms with E-state index in [-0.39, 0.29) is 51.5 Å². The van der Waals surface area contributed by atoms with E-state index in [0.717, 1.165) is 11.1 Å². The Morgan fingerprint density at radius 2 is 1.79 bits per heavy atom. The van der Waals surface area contributed by atoms with Gasteiger partial charge in [-0.15, -0.1) is 0 Å². The van der Waals surface area contributed by atoms with Gasteiger partial charge in [0.15, 0.2) is 5.82 Å². The highest BCUT2D eigenvalue weighted by Gasteiger charge is 2.42. The number of carbonyl (C=O) groups excluding carboxylic acids is 1. The van der Waals surface area contributed by atoms with Gasteiger partial charge in [0.25, 0.3) is 5.56 Å². The zero-order valence-corrected chi connectivity index (χ0v) is 28.1. The Bertz CT molecular complexity index is 2160. The first-order valence-electron chi connectivity index (χ1n) is 16.0. The number of nitrogens with zero attached hydrogens (tertiary/aromatic N) is 6. The second kappa shape index (κ2) is 11.3. The van der Waals surface area contributed by atoms with Crippen LogP contribution in [0.15, 0.2) is 48.3 Å². The van der Waals surface area contributed by atoms with Gasteiger partial charge in [-0.2, -0.15) is 0 Å². The highest BCUT2D eigenvalue weighted by molar-refractivity contribution is 6.35. The van der Waals surface area contributed by atoms with Crippen molar-refractivity contribution in [1.29, 1.82) is 0 Å². The molecule has 11 heteroatoms. The van der Waals surface area contributed by atoms with Crippen molar-refractivity contribution >= 4 is 45.1 Å². The minimum atomic E-state index is -0.615. The molecule has 2 unspecified atom stereocenters. The minimum absolute atomic E-state index is 0.0822. The van der Waals surface area contributed by atoms with E-state index in [2.05, 4.69) is 31.4 Å². The maximum Gasteiger partial charge on any atom is 0.261 e. The number of rotatable bonds is 5. The fourth-order valence-electron chi connectivity index (χ4n) is 7.51. The van der Waals surface area contributed by atoms with Gasteiger partial charge in [-0.05, 0) is 49.5 Å². The van der Waals surface area contributed by atoms with E-state index in [0.29, 0.717) is 64.3 Å². The zero-order valence-electron chi connectivity index (χ0n) is 27.4. The van der Waals surface area contributed by atoms with Crippen LogP contribution in [0.1, 0.15) is 69.0 Å². The number of aromatic nitrogens is 5. The summed E-state index contributed by atoms with van der Waals surface area (Å²) in [7, 11) is 0. The number of carbonyl (C=O) groups is 1. The van der Waals surface area contributed by atoms with Gasteiger partial charge < -0.3 is 14.8 Å². The summed E-state index contributed by atoms with van der Waals surface area (Å²) in [6.45, 7) is 16.5. The molecule has 0 spiro atoms. The molecule has 5 heterocycles. The van der Waals surface area contributed by atoms with Crippen molar-refractivity contribution in [2.75, 3.05) is 18.0 Å². The molecule has 2 atom stereocenters. The van der Waals surface area contributed by atoms with Gasteiger partial charge in [0.05, 0.1) is 56.7 Å². The summed E-state index contributed by atoms with van der Waals surface area (Å²) in [4.78, 5) is 48.6. The summed E-state index contributed by atoms with van der Waals surface area (Å²) in [6.07, 6.45) is 4.81. The molecule has 0 radical (unpaired) electrons. The number of hydrogen-bond donors (Lipinski definition) is 1. The van der Waals surface area contributed by atoms with Crippen LogP contribution in [-0.2, 0) is 11.2 Å². The van der Waals surface area contributed by atoms with E-state index < -0.39 is 5.82 Å². The third-order valence-corrected chi connectivity index (χ3v) is 9.99. The van der Waals surface area contributed by atoms with E-state index in [9.17, 15) is 4.79 Å². The average Bonchev–Trinajstić information content (AvgIpc) is 3.66. The predicted octanol–water partition coefficient (Wildman–Crippen LogP) is 6.82. The zero-order chi connectivity index (χ0) is 33.5. The van der Waals surface area contributed by atoms with Crippen molar-refractivity contribution in [3.8, 4) is 16.8 Å². The van der Waals surface area contributed by atoms with Crippen molar-refractivity contribution in [2.45, 2.75) is 71.9 Å². The molecule has 2 aliphatic rings. The molecule has 1 N–H and O–H groups in total. The highest BCUT2D eigenvalue weighted by atomic mass is 35.5. The van der Waals surface area contributed by atoms with Crippen LogP contribution < -0.4 is 10.5 Å². The van der Waals surface area contributed by atoms with Gasteiger partial charge in [0.2, 0.25) is 5.91 Å². The number of aryl methyl sites for hydroxylation is 1. The molecule has 2 aliphatic heterocycles. The number of amides is 1. The smallest absolute Gasteiger partial charge is 0.261 e. The normalized spacial score (nSPS) is 17.7. The molecule has 9 nitrogen and oxygen atoms in total. The molecular formula is C36H37ClFN7O2. The van der Waals surface area contributed by atoms with E-state index in [1.54, 1.807) is 17.3 Å². The second-order valence-corrected chi connectivity index (χ2v) is 13.7. The quantitative estimate of drug-likeness (QED) is 0.209. The maximum atomic E-state index is 17.8. The maximum absolute atomic E-state index is 17.8. The molecular weight excluding hydrogens is 617 g/mol. The third-order valence-electron chi connectivity index (χ3n) is 9.69. The third kappa shape index (κ3) is 4.59. The highest BCUT2D eigenvalue weighted by Crippen LogP contribution is 2.46. The first-order chi connectivity index (χ1) is 22.4. The molecule has 1 fully saturated rings. The van der Waals surface area contributed by atoms with Gasteiger partial charge in [-0.1, -0.05) is 51.9 Å². The van der Waals surface area contributed by atoms with E-state index in [1.165, 1.54) is 17.0 Å². The Balaban J connectivity index is 1.63. The summed E-state index contributed by atoms with van der Waals surface area (Å²) in [6, 6.07) is 5.28. The number of halogens is 2. The average molecular weight is 654 g/mol. The summed E-state index contributed by atoms with van der Waals surface area (Å²) >= 11 is 7.10. The Morgan fingerprint density at radius 3 is 2.45 bits per heavy atom. The van der Waals surface area contributed by atoms with Crippen LogP contribution in [0.2, 0.25) is 5.02 Å². The number of H-pyrrole nitrogens is 1. The molecule has 1 amide bonds. The lowest BCUT2D eigenvalue weighted by Gasteiger charge is -2.43. The predicted molar refractivity (Wildman–Crippen MR) is 184 cm³/mol. The number of nitrogens with one attached hydrogen (secondary N) is 1. The number of imidazole rings is 1. The molecule has 5 aromatic rings. The number of benzene rings is 2. The number of aromatic amines is 1. The molecule has 0 saturated carbocycles. The SMILES string of the molecule is C=CC(=O)N1CC2Cc3c(c4cc(Cl)c(-c5c(C)ccc6[nH]cnc56)c(F)c4n(-c4c(C(C)C)ncnc4C(C)C)c3=O)N2CC1C. The monoisotopic (exact) mass is 653 g/mol. The minimum Gasteiger partial charge on any atom is -0.363 e. The molecule has 7 rings (SSSR count). The van der Waals surface area contributed by atoms with Crippen molar-refractivity contribution < 1.29 is 9.18 Å². The van der Waals surface area contributed by atoms with Crippen LogP contribution in [-0.4, -0.2) is 60.5 Å². The molecule has 0 aliphatic carbocycles. The van der Waals surface area contributed by atoms with Gasteiger partial charge in [0.1, 0.15) is 6.33 Å². The Hall–Kier alpha value is -4.57. The van der Waals surface area contributed by atoms with Gasteiger partial charge in [-0.3, -0.25) is 14.2 Å². The summed E-state index contributed by atoms with van der Waals surface area (Å²) < 4.78 is 19.3. The lowest BCUT2D eigenvalue weighted by molar-refractivity contribution is -0.128. The van der Waals surface area contributed by atoms with Crippen LogP contribution in [0.4, 0.5) is 10.1 Å². The van der Waals surface area contributed by atoms with Crippen LogP contribution >= 0.6 is 11.6 Å². The van der Waals surface area contributed by atoms with E-state index in [1.807, 2.05) is 53.7 Å². The number of piperazine rings is 1. The van der Waals surface area contributed by atoms with Crippen LogP contribution in [0.3, 0.4) is 0 Å². The molecule has 2 aromatic carbocycles. The first kappa shape index (κ1) is 31.1.